The van der Waals surface area contributed by atoms with Crippen molar-refractivity contribution in [2.45, 2.75) is 38.9 Å². The molecule has 1 aromatic rings. The summed E-state index contributed by atoms with van der Waals surface area (Å²) in [4.78, 5) is 42.3. The molecule has 2 aliphatic heterocycles. The monoisotopic (exact) mass is 416 g/mol. The van der Waals surface area contributed by atoms with Crippen molar-refractivity contribution < 1.29 is 19.1 Å². The van der Waals surface area contributed by atoms with Crippen molar-refractivity contribution in [1.82, 2.24) is 9.80 Å². The third-order valence-electron chi connectivity index (χ3n) is 5.93. The molecule has 1 aromatic carbocycles. The number of Topliss-reactive ketones (excluding diaryl/α,β-unsaturated/α-hetero) is 2. The van der Waals surface area contributed by atoms with Crippen LogP contribution in [0.2, 0.25) is 0 Å². The van der Waals surface area contributed by atoms with Gasteiger partial charge in [0.25, 0.3) is 0 Å². The number of piperidine rings is 1. The fourth-order valence-corrected chi connectivity index (χ4v) is 4.89. The zero-order chi connectivity index (χ0) is 20.7. The van der Waals surface area contributed by atoms with Gasteiger partial charge in [0.2, 0.25) is 17.5 Å². The van der Waals surface area contributed by atoms with Crippen molar-refractivity contribution in [2.75, 3.05) is 26.2 Å². The summed E-state index contributed by atoms with van der Waals surface area (Å²) < 4.78 is 5.72. The van der Waals surface area contributed by atoms with Gasteiger partial charge in [-0.15, -0.1) is 0 Å². The molecule has 0 radical (unpaired) electrons. The lowest BCUT2D eigenvalue weighted by molar-refractivity contribution is -0.148. The average molecular weight is 417 g/mol. The Morgan fingerprint density at radius 3 is 2.14 bits per heavy atom. The highest BCUT2D eigenvalue weighted by atomic mass is 35.5. The molecule has 2 atom stereocenters. The summed E-state index contributed by atoms with van der Waals surface area (Å²) in [6.45, 7) is 6.25. The number of allylic oxidation sites excluding steroid dienone is 2. The number of likely N-dealkylation sites (tertiary alicyclic amines) is 1. The molecular weight excluding hydrogens is 392 g/mol. The number of nitrogens with zero attached hydrogens (tertiary/aromatic N) is 2. The number of rotatable bonds is 2. The number of fused-ring (bicyclic) bond motifs is 1. The van der Waals surface area contributed by atoms with Crippen LogP contribution in [0.15, 0.2) is 35.0 Å². The molecule has 0 N–H and O–H groups in total. The number of carbonyl (C=O) groups is 3. The molecule has 29 heavy (non-hydrogen) atoms. The number of benzene rings is 1. The zero-order valence-electron chi connectivity index (χ0n) is 16.7. The van der Waals surface area contributed by atoms with E-state index in [0.717, 1.165) is 0 Å². The van der Waals surface area contributed by atoms with Gasteiger partial charge in [0.1, 0.15) is 10.7 Å². The van der Waals surface area contributed by atoms with E-state index in [4.69, 9.17) is 16.3 Å². The number of ether oxygens (including phenoxy) is 1. The van der Waals surface area contributed by atoms with Crippen LogP contribution < -0.4 is 0 Å². The lowest BCUT2D eigenvalue weighted by atomic mass is 9.89. The normalized spacial score (nSPS) is 26.0. The molecule has 0 bridgehead atoms. The number of morpholine rings is 1. The summed E-state index contributed by atoms with van der Waals surface area (Å²) in [6.07, 6.45) is 1.35. The smallest absolute Gasteiger partial charge is 0.225 e. The highest BCUT2D eigenvalue weighted by molar-refractivity contribution is 6.49. The van der Waals surface area contributed by atoms with Gasteiger partial charge >= 0.3 is 0 Å². The van der Waals surface area contributed by atoms with Gasteiger partial charge in [0.15, 0.2) is 0 Å². The van der Waals surface area contributed by atoms with Gasteiger partial charge in [-0.25, -0.2) is 0 Å². The van der Waals surface area contributed by atoms with E-state index in [1.54, 1.807) is 24.3 Å². The first-order valence-electron chi connectivity index (χ1n) is 10.1. The van der Waals surface area contributed by atoms with Crippen LogP contribution in [-0.2, 0) is 9.53 Å². The summed E-state index contributed by atoms with van der Waals surface area (Å²) in [5.41, 5.74) is 1.02. The quantitative estimate of drug-likeness (QED) is 0.741. The molecule has 2 fully saturated rings. The summed E-state index contributed by atoms with van der Waals surface area (Å²) in [5, 5.41) is -0.0192. The van der Waals surface area contributed by atoms with Gasteiger partial charge in [0, 0.05) is 43.2 Å². The highest BCUT2D eigenvalue weighted by Gasteiger charge is 2.38. The zero-order valence-corrected chi connectivity index (χ0v) is 17.4. The molecule has 0 spiro atoms. The van der Waals surface area contributed by atoms with Crippen LogP contribution >= 0.6 is 11.6 Å². The van der Waals surface area contributed by atoms with Crippen molar-refractivity contribution >= 4 is 29.1 Å². The molecule has 4 rings (SSSR count). The van der Waals surface area contributed by atoms with E-state index < -0.39 is 0 Å². The third-order valence-corrected chi connectivity index (χ3v) is 6.28. The lowest BCUT2D eigenvalue weighted by Gasteiger charge is -2.40. The van der Waals surface area contributed by atoms with E-state index in [2.05, 4.69) is 0 Å². The van der Waals surface area contributed by atoms with Gasteiger partial charge in [0.05, 0.1) is 12.2 Å². The van der Waals surface area contributed by atoms with Crippen molar-refractivity contribution in [1.29, 1.82) is 0 Å². The Morgan fingerprint density at radius 2 is 1.55 bits per heavy atom. The van der Waals surface area contributed by atoms with Crippen molar-refractivity contribution in [3.8, 4) is 0 Å². The van der Waals surface area contributed by atoms with Crippen molar-refractivity contribution in [2.24, 2.45) is 5.92 Å². The topological polar surface area (TPSA) is 66.9 Å². The van der Waals surface area contributed by atoms with Crippen molar-refractivity contribution in [3.63, 3.8) is 0 Å². The van der Waals surface area contributed by atoms with Crippen LogP contribution in [0.5, 0.6) is 0 Å². The number of hydrogen-bond acceptors (Lipinski definition) is 5. The van der Waals surface area contributed by atoms with Gasteiger partial charge in [-0.1, -0.05) is 35.9 Å². The predicted molar refractivity (Wildman–Crippen MR) is 109 cm³/mol. The molecule has 0 unspecified atom stereocenters. The summed E-state index contributed by atoms with van der Waals surface area (Å²) >= 11 is 6.32. The predicted octanol–water partition coefficient (Wildman–Crippen LogP) is 2.86. The standard InChI is InChI=1S/C22H25ClN2O4/c1-13-11-25(12-14(2)29-13)22(28)15-7-9-24(10-8-15)19-18(23)20(26)16-5-3-4-6-17(16)21(19)27/h3-6,13-15H,7-12H2,1-2H3/t13-,14+. The number of halogens is 1. The molecular formula is C22H25ClN2O4. The Balaban J connectivity index is 1.46. The van der Waals surface area contributed by atoms with Crippen LogP contribution in [0.4, 0.5) is 0 Å². The molecule has 7 heteroatoms. The summed E-state index contributed by atoms with van der Waals surface area (Å²) in [5.74, 6) is -0.454. The lowest BCUT2D eigenvalue weighted by Crippen LogP contribution is -2.51. The van der Waals surface area contributed by atoms with E-state index in [1.165, 1.54) is 0 Å². The molecule has 154 valence electrons. The average Bonchev–Trinajstić information content (AvgIpc) is 2.71. The molecule has 2 saturated heterocycles. The van der Waals surface area contributed by atoms with E-state index in [-0.39, 0.29) is 46.3 Å². The molecule has 1 aliphatic carbocycles. The maximum Gasteiger partial charge on any atom is 0.225 e. The van der Waals surface area contributed by atoms with Gasteiger partial charge < -0.3 is 14.5 Å². The molecule has 2 heterocycles. The van der Waals surface area contributed by atoms with Crippen LogP contribution in [0.1, 0.15) is 47.4 Å². The number of carbonyl (C=O) groups excluding carboxylic acids is 3. The minimum Gasteiger partial charge on any atom is -0.372 e. The van der Waals surface area contributed by atoms with Crippen molar-refractivity contribution in [3.05, 3.63) is 46.1 Å². The van der Waals surface area contributed by atoms with E-state index in [0.29, 0.717) is 50.1 Å². The van der Waals surface area contributed by atoms with Crippen LogP contribution in [-0.4, -0.2) is 65.7 Å². The van der Waals surface area contributed by atoms with Crippen LogP contribution in [0, 0.1) is 5.92 Å². The van der Waals surface area contributed by atoms with Gasteiger partial charge in [-0.2, -0.15) is 0 Å². The Hall–Kier alpha value is -2.18. The summed E-state index contributed by atoms with van der Waals surface area (Å²) in [6, 6.07) is 6.76. The molecule has 6 nitrogen and oxygen atoms in total. The SMILES string of the molecule is C[C@@H]1CN(C(=O)C2CCN(C3=C(Cl)C(=O)c4ccccc4C3=O)CC2)C[C@H](C)O1. The number of ketones is 2. The van der Waals surface area contributed by atoms with Crippen LogP contribution in [0.25, 0.3) is 0 Å². The molecule has 0 aromatic heterocycles. The van der Waals surface area contributed by atoms with E-state index >= 15 is 0 Å². The Kier molecular flexibility index (Phi) is 5.49. The minimum atomic E-state index is -0.314. The second kappa shape index (κ2) is 7.92. The highest BCUT2D eigenvalue weighted by Crippen LogP contribution is 2.33. The number of hydrogen-bond donors (Lipinski definition) is 0. The Labute approximate surface area is 175 Å². The largest absolute Gasteiger partial charge is 0.372 e. The Morgan fingerprint density at radius 1 is 1.00 bits per heavy atom. The van der Waals surface area contributed by atoms with Gasteiger partial charge in [-0.05, 0) is 26.7 Å². The maximum atomic E-state index is 13.0. The molecule has 1 amide bonds. The third kappa shape index (κ3) is 3.71. The minimum absolute atomic E-state index is 0.0192. The maximum absolute atomic E-state index is 13.0. The van der Waals surface area contributed by atoms with E-state index in [9.17, 15) is 14.4 Å². The summed E-state index contributed by atoms with van der Waals surface area (Å²) in [7, 11) is 0. The van der Waals surface area contributed by atoms with E-state index in [1.807, 2.05) is 23.6 Å². The van der Waals surface area contributed by atoms with Gasteiger partial charge in [-0.3, -0.25) is 14.4 Å². The Bertz CT molecular complexity index is 879. The second-order valence-electron chi connectivity index (χ2n) is 8.13. The molecule has 3 aliphatic rings. The first-order chi connectivity index (χ1) is 13.9. The number of amides is 1. The first-order valence-corrected chi connectivity index (χ1v) is 10.5. The van der Waals surface area contributed by atoms with Crippen LogP contribution in [0.3, 0.4) is 0 Å². The fourth-order valence-electron chi connectivity index (χ4n) is 4.58. The molecule has 0 saturated carbocycles. The first kappa shape index (κ1) is 20.1. The fraction of sp³-hybridized carbons (Fsp3) is 0.500. The second-order valence-corrected chi connectivity index (χ2v) is 8.51.